The van der Waals surface area contributed by atoms with Crippen LogP contribution in [0.4, 0.5) is 0 Å². The Bertz CT molecular complexity index is 393. The van der Waals surface area contributed by atoms with E-state index in [1.54, 1.807) is 0 Å². The maximum atomic E-state index is 6.14. The van der Waals surface area contributed by atoms with Gasteiger partial charge >= 0.3 is 0 Å². The molecule has 1 aromatic rings. The van der Waals surface area contributed by atoms with Gasteiger partial charge in [-0.3, -0.25) is 0 Å². The molecule has 114 valence electrons. The minimum absolute atomic E-state index is 0.359. The number of benzene rings is 1. The lowest BCUT2D eigenvalue weighted by Crippen LogP contribution is -2.32. The molecule has 0 bridgehead atoms. The molecule has 2 atom stereocenters. The summed E-state index contributed by atoms with van der Waals surface area (Å²) >= 11 is 12.1. The average Bonchev–Trinajstić information content (AvgIpc) is 2.45. The average molecular weight is 316 g/mol. The predicted molar refractivity (Wildman–Crippen MR) is 90.9 cm³/mol. The smallest absolute Gasteiger partial charge is 0.0595 e. The first-order valence-electron chi connectivity index (χ1n) is 7.83. The number of rotatable bonds is 9. The molecule has 1 N–H and O–H groups in total. The number of nitrogens with one attached hydrogen (secondary N) is 1. The highest BCUT2D eigenvalue weighted by Crippen LogP contribution is 2.27. The van der Waals surface area contributed by atoms with Crippen molar-refractivity contribution in [3.05, 3.63) is 33.8 Å². The van der Waals surface area contributed by atoms with Crippen LogP contribution in [0.3, 0.4) is 0 Å². The third-order valence-corrected chi connectivity index (χ3v) is 4.47. The molecule has 20 heavy (non-hydrogen) atoms. The van der Waals surface area contributed by atoms with Gasteiger partial charge in [0.25, 0.3) is 0 Å². The Balaban J connectivity index is 2.74. The topological polar surface area (TPSA) is 12.0 Å². The van der Waals surface area contributed by atoms with Gasteiger partial charge in [0, 0.05) is 12.1 Å². The summed E-state index contributed by atoms with van der Waals surface area (Å²) in [6.07, 6.45) is 7.31. The second-order valence-electron chi connectivity index (χ2n) is 5.43. The normalized spacial score (nSPS) is 14.2. The lowest BCUT2D eigenvalue weighted by Gasteiger charge is -2.25. The number of unbranched alkanes of at least 4 members (excludes halogenated alkanes) is 1. The van der Waals surface area contributed by atoms with E-state index in [1.165, 1.54) is 37.7 Å². The van der Waals surface area contributed by atoms with Crippen molar-refractivity contribution in [3.8, 4) is 0 Å². The minimum Gasteiger partial charge on any atom is -0.307 e. The fraction of sp³-hybridized carbons (Fsp3) is 0.647. The molecule has 0 heterocycles. The molecule has 1 nitrogen and oxygen atoms in total. The first-order chi connectivity index (χ1) is 9.62. The SMILES string of the molecule is CCCCC(CCC)NC(CC)c1ccc(Cl)c(Cl)c1. The zero-order valence-corrected chi connectivity index (χ0v) is 14.4. The van der Waals surface area contributed by atoms with Crippen LogP contribution in [0.2, 0.25) is 10.0 Å². The van der Waals surface area contributed by atoms with Gasteiger partial charge in [-0.1, -0.05) is 69.3 Å². The lowest BCUT2D eigenvalue weighted by molar-refractivity contribution is 0.377. The Morgan fingerprint density at radius 3 is 2.30 bits per heavy atom. The summed E-state index contributed by atoms with van der Waals surface area (Å²) < 4.78 is 0. The van der Waals surface area contributed by atoms with Gasteiger partial charge in [-0.25, -0.2) is 0 Å². The molecule has 0 amide bonds. The molecular weight excluding hydrogens is 289 g/mol. The Kier molecular flexibility index (Phi) is 8.60. The first-order valence-corrected chi connectivity index (χ1v) is 8.58. The van der Waals surface area contributed by atoms with Crippen molar-refractivity contribution >= 4 is 23.2 Å². The quantitative estimate of drug-likeness (QED) is 0.556. The Morgan fingerprint density at radius 2 is 1.75 bits per heavy atom. The molecule has 0 aliphatic carbocycles. The van der Waals surface area contributed by atoms with E-state index in [0.29, 0.717) is 22.1 Å². The van der Waals surface area contributed by atoms with Crippen molar-refractivity contribution < 1.29 is 0 Å². The highest BCUT2D eigenvalue weighted by molar-refractivity contribution is 6.42. The third kappa shape index (κ3) is 5.63. The second-order valence-corrected chi connectivity index (χ2v) is 6.24. The Morgan fingerprint density at radius 1 is 1.00 bits per heavy atom. The van der Waals surface area contributed by atoms with Crippen molar-refractivity contribution in [2.75, 3.05) is 0 Å². The Hall–Kier alpha value is -0.240. The van der Waals surface area contributed by atoms with Crippen LogP contribution < -0.4 is 5.32 Å². The molecule has 1 rings (SSSR count). The van der Waals surface area contributed by atoms with Crippen molar-refractivity contribution in [1.29, 1.82) is 0 Å². The minimum atomic E-state index is 0.359. The van der Waals surface area contributed by atoms with Crippen LogP contribution in [0.25, 0.3) is 0 Å². The van der Waals surface area contributed by atoms with E-state index in [0.717, 1.165) is 6.42 Å². The number of hydrogen-bond donors (Lipinski definition) is 1. The maximum Gasteiger partial charge on any atom is 0.0595 e. The van der Waals surface area contributed by atoms with Gasteiger partial charge in [0.05, 0.1) is 10.0 Å². The molecule has 0 fully saturated rings. The summed E-state index contributed by atoms with van der Waals surface area (Å²) in [6, 6.07) is 6.92. The molecular formula is C17H27Cl2N. The van der Waals surface area contributed by atoms with Gasteiger partial charge in [-0.05, 0) is 37.0 Å². The highest BCUT2D eigenvalue weighted by atomic mass is 35.5. The van der Waals surface area contributed by atoms with E-state index in [1.807, 2.05) is 12.1 Å². The largest absolute Gasteiger partial charge is 0.307 e. The highest BCUT2D eigenvalue weighted by Gasteiger charge is 2.15. The summed E-state index contributed by atoms with van der Waals surface area (Å²) in [5, 5.41) is 5.07. The monoisotopic (exact) mass is 315 g/mol. The summed E-state index contributed by atoms with van der Waals surface area (Å²) in [5.41, 5.74) is 1.24. The standard InChI is InChI=1S/C17H27Cl2N/c1-4-7-9-14(8-5-2)20-17(6-3)13-10-11-15(18)16(19)12-13/h10-12,14,17,20H,4-9H2,1-3H3. The van der Waals surface area contributed by atoms with Crippen LogP contribution >= 0.6 is 23.2 Å². The molecule has 0 saturated carbocycles. The molecule has 0 aromatic heterocycles. The van der Waals surface area contributed by atoms with E-state index >= 15 is 0 Å². The van der Waals surface area contributed by atoms with E-state index in [4.69, 9.17) is 23.2 Å². The van der Waals surface area contributed by atoms with E-state index in [2.05, 4.69) is 32.2 Å². The summed E-state index contributed by atoms with van der Waals surface area (Å²) in [6.45, 7) is 6.71. The van der Waals surface area contributed by atoms with Crippen molar-refractivity contribution in [2.24, 2.45) is 0 Å². The van der Waals surface area contributed by atoms with Crippen LogP contribution in [0.5, 0.6) is 0 Å². The zero-order chi connectivity index (χ0) is 15.0. The fourth-order valence-electron chi connectivity index (χ4n) is 2.57. The predicted octanol–water partition coefficient (Wildman–Crippen LogP) is 6.39. The second kappa shape index (κ2) is 9.65. The van der Waals surface area contributed by atoms with E-state index in [-0.39, 0.29) is 0 Å². The third-order valence-electron chi connectivity index (χ3n) is 3.73. The fourth-order valence-corrected chi connectivity index (χ4v) is 2.88. The lowest BCUT2D eigenvalue weighted by atomic mass is 9.99. The van der Waals surface area contributed by atoms with E-state index in [9.17, 15) is 0 Å². The molecule has 1 aromatic carbocycles. The summed E-state index contributed by atoms with van der Waals surface area (Å²) in [4.78, 5) is 0. The van der Waals surface area contributed by atoms with Gasteiger partial charge < -0.3 is 5.32 Å². The molecule has 0 aliphatic rings. The zero-order valence-electron chi connectivity index (χ0n) is 12.9. The van der Waals surface area contributed by atoms with Crippen LogP contribution in [-0.2, 0) is 0 Å². The van der Waals surface area contributed by atoms with Crippen LogP contribution in [0.1, 0.15) is 70.9 Å². The maximum absolute atomic E-state index is 6.14. The summed E-state index contributed by atoms with van der Waals surface area (Å²) in [7, 11) is 0. The van der Waals surface area contributed by atoms with Gasteiger partial charge in [-0.15, -0.1) is 0 Å². The Labute approximate surface area is 134 Å². The van der Waals surface area contributed by atoms with Gasteiger partial charge in [0.15, 0.2) is 0 Å². The van der Waals surface area contributed by atoms with Gasteiger partial charge in [-0.2, -0.15) is 0 Å². The summed E-state index contributed by atoms with van der Waals surface area (Å²) in [5.74, 6) is 0. The van der Waals surface area contributed by atoms with Crippen LogP contribution in [-0.4, -0.2) is 6.04 Å². The number of halogens is 2. The van der Waals surface area contributed by atoms with Gasteiger partial charge in [0.1, 0.15) is 0 Å². The van der Waals surface area contributed by atoms with Crippen molar-refractivity contribution in [3.63, 3.8) is 0 Å². The van der Waals surface area contributed by atoms with Gasteiger partial charge in [0.2, 0.25) is 0 Å². The molecule has 3 heteroatoms. The molecule has 0 spiro atoms. The number of hydrogen-bond acceptors (Lipinski definition) is 1. The van der Waals surface area contributed by atoms with E-state index < -0.39 is 0 Å². The van der Waals surface area contributed by atoms with Crippen LogP contribution in [0.15, 0.2) is 18.2 Å². The molecule has 0 saturated heterocycles. The molecule has 0 radical (unpaired) electrons. The van der Waals surface area contributed by atoms with Crippen molar-refractivity contribution in [1.82, 2.24) is 5.32 Å². The molecule has 2 unspecified atom stereocenters. The first kappa shape index (κ1) is 17.8. The van der Waals surface area contributed by atoms with Crippen LogP contribution in [0, 0.1) is 0 Å². The molecule has 0 aliphatic heterocycles. The van der Waals surface area contributed by atoms with Crippen molar-refractivity contribution in [2.45, 2.75) is 71.4 Å².